The van der Waals surface area contributed by atoms with Crippen LogP contribution in [-0.2, 0) is 24.1 Å². The molecule has 6 heteroatoms. The third kappa shape index (κ3) is 3.57. The van der Waals surface area contributed by atoms with Gasteiger partial charge in [0.25, 0.3) is 0 Å². The maximum atomic E-state index is 12.3. The van der Waals surface area contributed by atoms with E-state index in [0.717, 1.165) is 38.9 Å². The van der Waals surface area contributed by atoms with E-state index in [1.807, 2.05) is 11.3 Å². The van der Waals surface area contributed by atoms with Crippen LogP contribution >= 0.6 is 23.7 Å². The maximum absolute atomic E-state index is 12.3. The topological polar surface area (TPSA) is 54.0 Å². The van der Waals surface area contributed by atoms with Crippen molar-refractivity contribution >= 4 is 29.7 Å². The van der Waals surface area contributed by atoms with Crippen molar-refractivity contribution in [1.82, 2.24) is 15.6 Å². The molecule has 1 spiro atoms. The minimum atomic E-state index is 0. The van der Waals surface area contributed by atoms with Crippen LogP contribution in [-0.4, -0.2) is 30.5 Å². The van der Waals surface area contributed by atoms with Crippen LogP contribution in [0.25, 0.3) is 0 Å². The normalized spacial score (nSPS) is 24.6. The first-order chi connectivity index (χ1) is 10.8. The summed E-state index contributed by atoms with van der Waals surface area (Å²) in [7, 11) is 0. The zero-order valence-electron chi connectivity index (χ0n) is 13.5. The van der Waals surface area contributed by atoms with E-state index in [1.54, 1.807) is 0 Å². The van der Waals surface area contributed by atoms with Gasteiger partial charge in [-0.1, -0.05) is 0 Å². The first-order valence-corrected chi connectivity index (χ1v) is 9.54. The van der Waals surface area contributed by atoms with Crippen molar-refractivity contribution in [3.63, 3.8) is 0 Å². The molecular weight excluding hydrogens is 330 g/mol. The molecule has 1 saturated heterocycles. The molecule has 1 aromatic heterocycles. The maximum Gasteiger partial charge on any atom is 0.223 e. The van der Waals surface area contributed by atoms with Gasteiger partial charge in [-0.15, -0.1) is 23.7 Å². The number of carbonyl (C=O) groups is 1. The van der Waals surface area contributed by atoms with Gasteiger partial charge in [-0.2, -0.15) is 0 Å². The Hall–Kier alpha value is -0.650. The van der Waals surface area contributed by atoms with Gasteiger partial charge in [0.05, 0.1) is 10.7 Å². The second kappa shape index (κ2) is 7.08. The molecule has 0 bridgehead atoms. The van der Waals surface area contributed by atoms with Gasteiger partial charge in [0.15, 0.2) is 0 Å². The number of thiazole rings is 1. The van der Waals surface area contributed by atoms with E-state index >= 15 is 0 Å². The number of rotatable bonds is 4. The van der Waals surface area contributed by atoms with Gasteiger partial charge >= 0.3 is 0 Å². The van der Waals surface area contributed by atoms with E-state index < -0.39 is 0 Å². The van der Waals surface area contributed by atoms with Crippen molar-refractivity contribution in [1.29, 1.82) is 0 Å². The molecule has 23 heavy (non-hydrogen) atoms. The highest BCUT2D eigenvalue weighted by Crippen LogP contribution is 2.58. The van der Waals surface area contributed by atoms with Crippen LogP contribution in [0.3, 0.4) is 0 Å². The summed E-state index contributed by atoms with van der Waals surface area (Å²) in [5, 5.41) is 7.75. The van der Waals surface area contributed by atoms with Crippen LogP contribution in [0.15, 0.2) is 0 Å². The molecule has 0 radical (unpaired) electrons. The molecule has 2 fully saturated rings. The zero-order valence-corrected chi connectivity index (χ0v) is 15.2. The Morgan fingerprint density at radius 3 is 2.87 bits per heavy atom. The molecular formula is C17H26ClN3OS. The summed E-state index contributed by atoms with van der Waals surface area (Å²) >= 11 is 1.86. The molecule has 1 saturated carbocycles. The third-order valence-corrected chi connectivity index (χ3v) is 6.85. The summed E-state index contributed by atoms with van der Waals surface area (Å²) in [4.78, 5) is 18.6. The predicted molar refractivity (Wildman–Crippen MR) is 95.4 cm³/mol. The van der Waals surface area contributed by atoms with Gasteiger partial charge < -0.3 is 10.6 Å². The molecule has 4 nitrogen and oxygen atoms in total. The highest BCUT2D eigenvalue weighted by molar-refractivity contribution is 7.11. The number of fused-ring (bicyclic) bond motifs is 1. The number of hydrogen-bond acceptors (Lipinski definition) is 4. The average molecular weight is 356 g/mol. The summed E-state index contributed by atoms with van der Waals surface area (Å²) in [6.45, 7) is 2.90. The standard InChI is InChI=1S/C17H25N3OS.ClH/c21-16(12-11-17(12)6-9-18-10-7-17)19-8-5-15-20-13-3-1-2-4-14(13)22-15;/h12,18H,1-11H2,(H,19,21);1H. The molecule has 0 aromatic carbocycles. The van der Waals surface area contributed by atoms with Crippen LogP contribution in [0.5, 0.6) is 0 Å². The highest BCUT2D eigenvalue weighted by atomic mass is 35.5. The van der Waals surface area contributed by atoms with Crippen LogP contribution in [0.4, 0.5) is 0 Å². The minimum absolute atomic E-state index is 0. The molecule has 4 rings (SSSR count). The lowest BCUT2D eigenvalue weighted by molar-refractivity contribution is -0.123. The van der Waals surface area contributed by atoms with Gasteiger partial charge in [-0.25, -0.2) is 4.98 Å². The van der Waals surface area contributed by atoms with Crippen molar-refractivity contribution in [3.05, 3.63) is 15.6 Å². The molecule has 2 heterocycles. The molecule has 3 aliphatic rings. The Kier molecular flexibility index (Phi) is 5.29. The molecule has 2 aliphatic carbocycles. The van der Waals surface area contributed by atoms with E-state index in [0.29, 0.717) is 5.41 Å². The van der Waals surface area contributed by atoms with E-state index in [-0.39, 0.29) is 24.2 Å². The Labute approximate surface area is 148 Å². The van der Waals surface area contributed by atoms with Crippen molar-refractivity contribution in [3.8, 4) is 0 Å². The lowest BCUT2D eigenvalue weighted by Gasteiger charge is -2.23. The van der Waals surface area contributed by atoms with Crippen LogP contribution in [0, 0.1) is 11.3 Å². The largest absolute Gasteiger partial charge is 0.355 e. The molecule has 1 aromatic rings. The second-order valence-electron chi connectivity index (χ2n) is 7.09. The summed E-state index contributed by atoms with van der Waals surface area (Å²) in [6.07, 6.45) is 9.29. The quantitative estimate of drug-likeness (QED) is 0.872. The van der Waals surface area contributed by atoms with E-state index in [1.165, 1.54) is 47.7 Å². The number of hydrogen-bond donors (Lipinski definition) is 2. The number of piperidine rings is 1. The molecule has 1 unspecified atom stereocenters. The first-order valence-electron chi connectivity index (χ1n) is 8.73. The van der Waals surface area contributed by atoms with Gasteiger partial charge in [-0.3, -0.25) is 4.79 Å². The second-order valence-corrected chi connectivity index (χ2v) is 8.26. The third-order valence-electron chi connectivity index (χ3n) is 5.63. The van der Waals surface area contributed by atoms with Gasteiger partial charge in [0, 0.05) is 23.8 Å². The zero-order chi connectivity index (χ0) is 15.0. The fraction of sp³-hybridized carbons (Fsp3) is 0.765. The summed E-state index contributed by atoms with van der Waals surface area (Å²) in [5.74, 6) is 0.558. The Balaban J connectivity index is 0.00000156. The number of nitrogens with zero attached hydrogens (tertiary/aromatic N) is 1. The monoisotopic (exact) mass is 355 g/mol. The SMILES string of the molecule is Cl.O=C(NCCc1nc2c(s1)CCCC2)C1CC12CCNCC2. The molecule has 1 amide bonds. The Bertz CT molecular complexity index is 545. The molecule has 1 atom stereocenters. The fourth-order valence-electron chi connectivity index (χ4n) is 4.12. The van der Waals surface area contributed by atoms with Crippen LogP contribution < -0.4 is 10.6 Å². The first kappa shape index (κ1) is 17.2. The van der Waals surface area contributed by atoms with Crippen molar-refractivity contribution in [2.75, 3.05) is 19.6 Å². The Morgan fingerprint density at radius 2 is 2.09 bits per heavy atom. The number of carbonyl (C=O) groups excluding carboxylic acids is 1. The Morgan fingerprint density at radius 1 is 1.30 bits per heavy atom. The van der Waals surface area contributed by atoms with Crippen molar-refractivity contribution in [2.24, 2.45) is 11.3 Å². The van der Waals surface area contributed by atoms with Gasteiger partial charge in [-0.05, 0) is 63.5 Å². The number of nitrogens with one attached hydrogen (secondary N) is 2. The number of amides is 1. The minimum Gasteiger partial charge on any atom is -0.355 e. The smallest absolute Gasteiger partial charge is 0.223 e. The summed E-state index contributed by atoms with van der Waals surface area (Å²) < 4.78 is 0. The van der Waals surface area contributed by atoms with E-state index in [4.69, 9.17) is 4.98 Å². The van der Waals surface area contributed by atoms with Crippen LogP contribution in [0.2, 0.25) is 0 Å². The van der Waals surface area contributed by atoms with Gasteiger partial charge in [0.2, 0.25) is 5.91 Å². The summed E-state index contributed by atoms with van der Waals surface area (Å²) in [5.41, 5.74) is 1.67. The molecule has 2 N–H and O–H groups in total. The highest BCUT2D eigenvalue weighted by Gasteiger charge is 2.57. The number of aromatic nitrogens is 1. The van der Waals surface area contributed by atoms with E-state index in [9.17, 15) is 4.79 Å². The average Bonchev–Trinajstić information content (AvgIpc) is 3.06. The van der Waals surface area contributed by atoms with Crippen molar-refractivity contribution in [2.45, 2.75) is 51.4 Å². The van der Waals surface area contributed by atoms with Gasteiger partial charge in [0.1, 0.15) is 0 Å². The number of halogens is 1. The lowest BCUT2D eigenvalue weighted by atomic mass is 9.92. The lowest BCUT2D eigenvalue weighted by Crippen LogP contribution is -2.34. The molecule has 128 valence electrons. The number of aryl methyl sites for hydroxylation is 2. The fourth-order valence-corrected chi connectivity index (χ4v) is 5.28. The van der Waals surface area contributed by atoms with E-state index in [2.05, 4.69) is 10.6 Å². The van der Waals surface area contributed by atoms with Crippen LogP contribution in [0.1, 0.15) is 47.7 Å². The van der Waals surface area contributed by atoms with Crippen molar-refractivity contribution < 1.29 is 4.79 Å². The summed E-state index contributed by atoms with van der Waals surface area (Å²) in [6, 6.07) is 0. The predicted octanol–water partition coefficient (Wildman–Crippen LogP) is 2.49. The molecule has 1 aliphatic heterocycles.